The standard InChI is InChI=1S/C14H30N4/c1-4-12(2)17-14(15)16-9-8-13(3)18-10-6-5-7-11-18/h12-13H,4-11H2,1-3H3,(H3,15,16,17). The molecule has 0 aliphatic carbocycles. The van der Waals surface area contributed by atoms with Gasteiger partial charge in [0.1, 0.15) is 0 Å². The smallest absolute Gasteiger partial charge is 0.188 e. The molecule has 1 rings (SSSR count). The molecule has 18 heavy (non-hydrogen) atoms. The molecule has 2 atom stereocenters. The van der Waals surface area contributed by atoms with Crippen molar-refractivity contribution < 1.29 is 0 Å². The predicted octanol–water partition coefficient (Wildman–Crippen LogP) is 1.95. The molecule has 0 aromatic carbocycles. The van der Waals surface area contributed by atoms with E-state index in [2.05, 4.69) is 36.0 Å². The largest absolute Gasteiger partial charge is 0.370 e. The lowest BCUT2D eigenvalue weighted by atomic mass is 10.1. The van der Waals surface area contributed by atoms with E-state index < -0.39 is 0 Å². The topological polar surface area (TPSA) is 53.6 Å². The van der Waals surface area contributed by atoms with E-state index in [4.69, 9.17) is 5.73 Å². The molecule has 1 aliphatic heterocycles. The first kappa shape index (κ1) is 15.3. The summed E-state index contributed by atoms with van der Waals surface area (Å²) >= 11 is 0. The lowest BCUT2D eigenvalue weighted by Gasteiger charge is -2.32. The van der Waals surface area contributed by atoms with E-state index in [0.29, 0.717) is 18.0 Å². The number of nitrogens with zero attached hydrogens (tertiary/aromatic N) is 2. The van der Waals surface area contributed by atoms with Gasteiger partial charge in [0.25, 0.3) is 0 Å². The highest BCUT2D eigenvalue weighted by Crippen LogP contribution is 2.13. The second-order valence-corrected chi connectivity index (χ2v) is 5.45. The van der Waals surface area contributed by atoms with Gasteiger partial charge >= 0.3 is 0 Å². The molecule has 0 radical (unpaired) electrons. The molecule has 4 nitrogen and oxygen atoms in total. The highest BCUT2D eigenvalue weighted by molar-refractivity contribution is 5.78. The molecule has 0 spiro atoms. The van der Waals surface area contributed by atoms with E-state index in [-0.39, 0.29) is 0 Å². The summed E-state index contributed by atoms with van der Waals surface area (Å²) < 4.78 is 0. The van der Waals surface area contributed by atoms with Crippen molar-refractivity contribution in [2.45, 2.75) is 65.0 Å². The molecule has 0 aromatic rings. The molecule has 0 amide bonds. The van der Waals surface area contributed by atoms with Crippen molar-refractivity contribution in [3.63, 3.8) is 0 Å². The zero-order chi connectivity index (χ0) is 13.4. The Bertz CT molecular complexity index is 246. The fraction of sp³-hybridized carbons (Fsp3) is 0.929. The Morgan fingerprint density at radius 1 is 1.28 bits per heavy atom. The van der Waals surface area contributed by atoms with E-state index in [9.17, 15) is 0 Å². The molecule has 0 bridgehead atoms. The summed E-state index contributed by atoms with van der Waals surface area (Å²) in [6.45, 7) is 9.91. The molecule has 1 heterocycles. The molecule has 0 saturated carbocycles. The quantitative estimate of drug-likeness (QED) is 0.563. The van der Waals surface area contributed by atoms with Crippen LogP contribution in [0.3, 0.4) is 0 Å². The summed E-state index contributed by atoms with van der Waals surface area (Å²) in [5.41, 5.74) is 5.84. The van der Waals surface area contributed by atoms with Crippen molar-refractivity contribution in [1.29, 1.82) is 0 Å². The van der Waals surface area contributed by atoms with Gasteiger partial charge in [-0.1, -0.05) is 13.3 Å². The molecule has 4 heteroatoms. The second kappa shape index (κ2) is 8.35. The monoisotopic (exact) mass is 254 g/mol. The number of rotatable bonds is 6. The summed E-state index contributed by atoms with van der Waals surface area (Å²) in [6.07, 6.45) is 6.27. The fourth-order valence-electron chi connectivity index (χ4n) is 2.31. The first-order valence-electron chi connectivity index (χ1n) is 7.44. The maximum absolute atomic E-state index is 5.84. The van der Waals surface area contributed by atoms with E-state index in [1.54, 1.807) is 0 Å². The second-order valence-electron chi connectivity index (χ2n) is 5.45. The number of hydrogen-bond donors (Lipinski definition) is 2. The van der Waals surface area contributed by atoms with Crippen LogP contribution in [0.25, 0.3) is 0 Å². The summed E-state index contributed by atoms with van der Waals surface area (Å²) in [7, 11) is 0. The third-order valence-electron chi connectivity index (χ3n) is 3.85. The Labute approximate surface area is 112 Å². The SMILES string of the molecule is CCC(C)NC(N)=NCCC(C)N1CCCCC1. The summed E-state index contributed by atoms with van der Waals surface area (Å²) in [5, 5.41) is 3.20. The van der Waals surface area contributed by atoms with Gasteiger partial charge in [-0.15, -0.1) is 0 Å². The van der Waals surface area contributed by atoms with Gasteiger partial charge in [-0.25, -0.2) is 0 Å². The molecule has 1 fully saturated rings. The number of nitrogens with two attached hydrogens (primary N) is 1. The first-order chi connectivity index (χ1) is 8.63. The highest BCUT2D eigenvalue weighted by Gasteiger charge is 2.15. The van der Waals surface area contributed by atoms with Crippen molar-refractivity contribution >= 4 is 5.96 Å². The van der Waals surface area contributed by atoms with Crippen LogP contribution in [-0.2, 0) is 0 Å². The lowest BCUT2D eigenvalue weighted by molar-refractivity contribution is 0.168. The number of aliphatic imine (C=N–C) groups is 1. The minimum absolute atomic E-state index is 0.410. The number of nitrogens with one attached hydrogen (secondary N) is 1. The molecule has 3 N–H and O–H groups in total. The van der Waals surface area contributed by atoms with Gasteiger partial charge in [-0.2, -0.15) is 0 Å². The van der Waals surface area contributed by atoms with Crippen LogP contribution in [0, 0.1) is 0 Å². The summed E-state index contributed by atoms with van der Waals surface area (Å²) in [6, 6.07) is 1.04. The van der Waals surface area contributed by atoms with Crippen molar-refractivity contribution in [1.82, 2.24) is 10.2 Å². The minimum atomic E-state index is 0.410. The van der Waals surface area contributed by atoms with Gasteiger partial charge in [0, 0.05) is 18.6 Å². The Morgan fingerprint density at radius 3 is 2.56 bits per heavy atom. The average molecular weight is 254 g/mol. The van der Waals surface area contributed by atoms with Crippen LogP contribution in [0.5, 0.6) is 0 Å². The van der Waals surface area contributed by atoms with Gasteiger partial charge in [-0.05, 0) is 52.6 Å². The predicted molar refractivity (Wildman–Crippen MR) is 78.9 cm³/mol. The van der Waals surface area contributed by atoms with Gasteiger partial charge in [0.15, 0.2) is 5.96 Å². The van der Waals surface area contributed by atoms with Crippen LogP contribution in [-0.4, -0.2) is 42.6 Å². The normalized spacial score (nSPS) is 21.6. The van der Waals surface area contributed by atoms with E-state index >= 15 is 0 Å². The van der Waals surface area contributed by atoms with Crippen molar-refractivity contribution in [3.8, 4) is 0 Å². The van der Waals surface area contributed by atoms with Crippen LogP contribution in [0.2, 0.25) is 0 Å². The number of piperidine rings is 1. The van der Waals surface area contributed by atoms with Crippen LogP contribution in [0.4, 0.5) is 0 Å². The zero-order valence-corrected chi connectivity index (χ0v) is 12.3. The maximum atomic E-state index is 5.84. The number of likely N-dealkylation sites (tertiary alicyclic amines) is 1. The molecule has 1 aliphatic rings. The average Bonchev–Trinajstić information content (AvgIpc) is 2.39. The fourth-order valence-corrected chi connectivity index (χ4v) is 2.31. The minimum Gasteiger partial charge on any atom is -0.370 e. The highest BCUT2D eigenvalue weighted by atomic mass is 15.2. The van der Waals surface area contributed by atoms with Crippen LogP contribution in [0.15, 0.2) is 4.99 Å². The lowest BCUT2D eigenvalue weighted by Crippen LogP contribution is -2.39. The summed E-state index contributed by atoms with van der Waals surface area (Å²) in [5.74, 6) is 0.593. The molecular formula is C14H30N4. The van der Waals surface area contributed by atoms with E-state index in [1.807, 2.05) is 0 Å². The Balaban J connectivity index is 2.20. The number of guanidine groups is 1. The van der Waals surface area contributed by atoms with Crippen LogP contribution >= 0.6 is 0 Å². The summed E-state index contributed by atoms with van der Waals surface area (Å²) in [4.78, 5) is 6.98. The van der Waals surface area contributed by atoms with Crippen molar-refractivity contribution in [3.05, 3.63) is 0 Å². The Hall–Kier alpha value is -0.770. The van der Waals surface area contributed by atoms with Gasteiger partial charge in [-0.3, -0.25) is 4.99 Å². The van der Waals surface area contributed by atoms with Crippen LogP contribution in [0.1, 0.15) is 52.9 Å². The Morgan fingerprint density at radius 2 is 1.94 bits per heavy atom. The maximum Gasteiger partial charge on any atom is 0.188 e. The third-order valence-corrected chi connectivity index (χ3v) is 3.85. The van der Waals surface area contributed by atoms with E-state index in [0.717, 1.165) is 19.4 Å². The molecule has 0 aromatic heterocycles. The first-order valence-corrected chi connectivity index (χ1v) is 7.44. The van der Waals surface area contributed by atoms with E-state index in [1.165, 1.54) is 32.4 Å². The molecule has 1 saturated heterocycles. The van der Waals surface area contributed by atoms with Gasteiger partial charge in [0.05, 0.1) is 0 Å². The zero-order valence-electron chi connectivity index (χ0n) is 12.3. The van der Waals surface area contributed by atoms with Crippen molar-refractivity contribution in [2.24, 2.45) is 10.7 Å². The Kier molecular flexibility index (Phi) is 7.09. The molecular weight excluding hydrogens is 224 g/mol. The van der Waals surface area contributed by atoms with Crippen molar-refractivity contribution in [2.75, 3.05) is 19.6 Å². The van der Waals surface area contributed by atoms with Crippen LogP contribution < -0.4 is 11.1 Å². The van der Waals surface area contributed by atoms with Gasteiger partial charge in [0.2, 0.25) is 0 Å². The molecule has 106 valence electrons. The number of hydrogen-bond acceptors (Lipinski definition) is 2. The van der Waals surface area contributed by atoms with Gasteiger partial charge < -0.3 is 16.0 Å². The third kappa shape index (κ3) is 5.71. The molecule has 2 unspecified atom stereocenters.